The number of aliphatic hydroxyl groups excluding tert-OH is 1. The van der Waals surface area contributed by atoms with Crippen molar-refractivity contribution in [1.82, 2.24) is 0 Å². The van der Waals surface area contributed by atoms with Crippen LogP contribution in [0.5, 0.6) is 5.75 Å². The molecule has 33 heavy (non-hydrogen) atoms. The van der Waals surface area contributed by atoms with Crippen LogP contribution < -0.4 is 9.64 Å². The first-order valence-corrected chi connectivity index (χ1v) is 11.4. The molecule has 0 radical (unpaired) electrons. The first-order valence-electron chi connectivity index (χ1n) is 10.2. The van der Waals surface area contributed by atoms with E-state index in [1.165, 1.54) is 4.90 Å². The van der Waals surface area contributed by atoms with Crippen molar-refractivity contribution in [3.8, 4) is 5.75 Å². The van der Waals surface area contributed by atoms with Crippen molar-refractivity contribution < 1.29 is 19.4 Å². The number of ether oxygens (including phenoxy) is 1. The molecule has 1 heterocycles. The Morgan fingerprint density at radius 3 is 2.45 bits per heavy atom. The molecule has 1 aliphatic heterocycles. The molecule has 1 saturated heterocycles. The average Bonchev–Trinajstić information content (AvgIpc) is 3.07. The lowest BCUT2D eigenvalue weighted by molar-refractivity contribution is -0.132. The molecule has 1 amide bonds. The highest BCUT2D eigenvalue weighted by atomic mass is 79.9. The fourth-order valence-corrected chi connectivity index (χ4v) is 4.33. The van der Waals surface area contributed by atoms with Crippen LogP contribution in [0.25, 0.3) is 5.76 Å². The van der Waals surface area contributed by atoms with Gasteiger partial charge in [-0.25, -0.2) is 0 Å². The molecule has 1 fully saturated rings. The molecule has 1 N–H and O–H groups in total. The highest BCUT2D eigenvalue weighted by Gasteiger charge is 2.47. The van der Waals surface area contributed by atoms with Crippen LogP contribution in [0, 0.1) is 13.8 Å². The molecule has 3 aromatic rings. The summed E-state index contributed by atoms with van der Waals surface area (Å²) in [6, 6.07) is 16.7. The Hall–Kier alpha value is -3.09. The van der Waals surface area contributed by atoms with E-state index in [4.69, 9.17) is 16.3 Å². The second-order valence-corrected chi connectivity index (χ2v) is 9.10. The summed E-state index contributed by atoms with van der Waals surface area (Å²) < 4.78 is 6.23. The van der Waals surface area contributed by atoms with Crippen LogP contribution in [0.2, 0.25) is 5.02 Å². The van der Waals surface area contributed by atoms with E-state index in [9.17, 15) is 14.7 Å². The third kappa shape index (κ3) is 4.16. The van der Waals surface area contributed by atoms with E-state index in [1.807, 2.05) is 13.8 Å². The SMILES string of the molecule is COc1cccc(C2/C(=C(\O)c3ccc(Br)c(C)c3)C(=O)C(=O)N2c2ccc(C)c(Cl)c2)c1. The number of carbonyl (C=O) groups excluding carboxylic acids is 2. The minimum atomic E-state index is -0.858. The van der Waals surface area contributed by atoms with E-state index < -0.39 is 17.7 Å². The van der Waals surface area contributed by atoms with Crippen LogP contribution >= 0.6 is 27.5 Å². The van der Waals surface area contributed by atoms with Crippen LogP contribution in [0.4, 0.5) is 5.69 Å². The van der Waals surface area contributed by atoms with Gasteiger partial charge in [0.05, 0.1) is 18.7 Å². The van der Waals surface area contributed by atoms with Crippen molar-refractivity contribution in [3.63, 3.8) is 0 Å². The summed E-state index contributed by atoms with van der Waals surface area (Å²) >= 11 is 9.78. The molecule has 168 valence electrons. The maximum Gasteiger partial charge on any atom is 0.300 e. The van der Waals surface area contributed by atoms with Gasteiger partial charge in [0.1, 0.15) is 11.5 Å². The maximum atomic E-state index is 13.3. The molecular weight excluding hydrogens is 506 g/mol. The number of ketones is 1. The fraction of sp³-hybridized carbons (Fsp3) is 0.154. The molecule has 3 aromatic carbocycles. The lowest BCUT2D eigenvalue weighted by Crippen LogP contribution is -2.29. The predicted molar refractivity (Wildman–Crippen MR) is 133 cm³/mol. The van der Waals surface area contributed by atoms with Crippen molar-refractivity contribution >= 4 is 50.7 Å². The molecule has 0 saturated carbocycles. The van der Waals surface area contributed by atoms with E-state index in [0.717, 1.165) is 15.6 Å². The number of amides is 1. The molecule has 1 unspecified atom stereocenters. The fourth-order valence-electron chi connectivity index (χ4n) is 3.90. The smallest absolute Gasteiger partial charge is 0.300 e. The number of carbonyl (C=O) groups is 2. The van der Waals surface area contributed by atoms with Gasteiger partial charge in [-0.1, -0.05) is 51.8 Å². The second-order valence-electron chi connectivity index (χ2n) is 7.84. The number of halogens is 2. The van der Waals surface area contributed by atoms with Crippen LogP contribution in [0.1, 0.15) is 28.3 Å². The summed E-state index contributed by atoms with van der Waals surface area (Å²) in [5.41, 5.74) is 3.28. The quantitative estimate of drug-likeness (QED) is 0.244. The lowest BCUT2D eigenvalue weighted by atomic mass is 9.94. The summed E-state index contributed by atoms with van der Waals surface area (Å²) in [4.78, 5) is 27.9. The van der Waals surface area contributed by atoms with Crippen LogP contribution in [0.3, 0.4) is 0 Å². The number of benzene rings is 3. The number of rotatable bonds is 4. The van der Waals surface area contributed by atoms with E-state index in [0.29, 0.717) is 27.6 Å². The Labute approximate surface area is 205 Å². The molecule has 4 rings (SSSR count). The molecule has 1 atom stereocenters. The largest absolute Gasteiger partial charge is 0.507 e. The number of aryl methyl sites for hydroxylation is 2. The Kier molecular flexibility index (Phi) is 6.32. The zero-order valence-corrected chi connectivity index (χ0v) is 20.6. The Balaban J connectivity index is 1.97. The second kappa shape index (κ2) is 9.04. The van der Waals surface area contributed by atoms with Crippen LogP contribution in [0.15, 0.2) is 70.7 Å². The number of Topliss-reactive ketones (excluding diaryl/α,β-unsaturated/α-hetero) is 1. The predicted octanol–water partition coefficient (Wildman–Crippen LogP) is 6.35. The number of aliphatic hydroxyl groups is 1. The van der Waals surface area contributed by atoms with E-state index >= 15 is 0 Å². The van der Waals surface area contributed by atoms with E-state index in [2.05, 4.69) is 15.9 Å². The number of hydrogen-bond donors (Lipinski definition) is 1. The van der Waals surface area contributed by atoms with Crippen molar-refractivity contribution in [3.05, 3.63) is 98.0 Å². The topological polar surface area (TPSA) is 66.8 Å². The van der Waals surface area contributed by atoms with Crippen molar-refractivity contribution in [2.24, 2.45) is 0 Å². The molecular formula is C26H21BrClNO4. The number of methoxy groups -OCH3 is 1. The van der Waals surface area contributed by atoms with Gasteiger partial charge in [0.25, 0.3) is 11.7 Å². The number of anilines is 1. The molecule has 0 aliphatic carbocycles. The van der Waals surface area contributed by atoms with Crippen molar-refractivity contribution in [2.45, 2.75) is 19.9 Å². The average molecular weight is 527 g/mol. The summed E-state index contributed by atoms with van der Waals surface area (Å²) in [6.45, 7) is 3.74. The third-order valence-corrected chi connectivity index (χ3v) is 7.02. The van der Waals surface area contributed by atoms with Gasteiger partial charge in [0, 0.05) is 20.7 Å². The van der Waals surface area contributed by atoms with E-state index in [-0.39, 0.29) is 11.3 Å². The van der Waals surface area contributed by atoms with Gasteiger partial charge in [0.15, 0.2) is 0 Å². The first-order chi connectivity index (χ1) is 15.7. The van der Waals surface area contributed by atoms with Crippen LogP contribution in [-0.2, 0) is 9.59 Å². The van der Waals surface area contributed by atoms with Gasteiger partial charge < -0.3 is 9.84 Å². The molecule has 0 spiro atoms. The maximum absolute atomic E-state index is 13.3. The molecule has 0 aromatic heterocycles. The summed E-state index contributed by atoms with van der Waals surface area (Å²) in [5, 5.41) is 11.7. The van der Waals surface area contributed by atoms with Gasteiger partial charge in [0.2, 0.25) is 0 Å². The highest BCUT2D eigenvalue weighted by Crippen LogP contribution is 2.43. The molecule has 5 nitrogen and oxygen atoms in total. The summed E-state index contributed by atoms with van der Waals surface area (Å²) in [6.07, 6.45) is 0. The minimum absolute atomic E-state index is 0.00618. The summed E-state index contributed by atoms with van der Waals surface area (Å²) in [5.74, 6) is -1.17. The number of hydrogen-bond acceptors (Lipinski definition) is 4. The first kappa shape index (κ1) is 23.1. The van der Waals surface area contributed by atoms with Gasteiger partial charge in [-0.2, -0.15) is 0 Å². The Morgan fingerprint density at radius 2 is 1.79 bits per heavy atom. The lowest BCUT2D eigenvalue weighted by Gasteiger charge is -2.26. The molecule has 7 heteroatoms. The van der Waals surface area contributed by atoms with Gasteiger partial charge in [-0.3, -0.25) is 14.5 Å². The normalized spacial score (nSPS) is 17.5. The van der Waals surface area contributed by atoms with Crippen molar-refractivity contribution in [1.29, 1.82) is 0 Å². The van der Waals surface area contributed by atoms with Gasteiger partial charge >= 0.3 is 0 Å². The summed E-state index contributed by atoms with van der Waals surface area (Å²) in [7, 11) is 1.54. The Bertz CT molecular complexity index is 1320. The Morgan fingerprint density at radius 1 is 1.03 bits per heavy atom. The van der Waals surface area contributed by atoms with Gasteiger partial charge in [-0.15, -0.1) is 0 Å². The zero-order valence-electron chi connectivity index (χ0n) is 18.2. The van der Waals surface area contributed by atoms with E-state index in [1.54, 1.807) is 67.8 Å². The molecule has 0 bridgehead atoms. The third-order valence-electron chi connectivity index (χ3n) is 5.72. The monoisotopic (exact) mass is 525 g/mol. The molecule has 1 aliphatic rings. The number of nitrogens with zero attached hydrogens (tertiary/aromatic N) is 1. The minimum Gasteiger partial charge on any atom is -0.507 e. The van der Waals surface area contributed by atoms with Gasteiger partial charge in [-0.05, 0) is 66.9 Å². The van der Waals surface area contributed by atoms with Crippen molar-refractivity contribution in [2.75, 3.05) is 12.0 Å². The van der Waals surface area contributed by atoms with Crippen LogP contribution in [-0.4, -0.2) is 23.9 Å². The standard InChI is InChI=1S/C26H21BrClNO4/c1-14-7-9-18(13-21(14)28)29-23(16-5-4-6-19(12-16)33-3)22(25(31)26(29)32)24(30)17-8-10-20(27)15(2)11-17/h4-13,23,30H,1-3H3/b24-22+. The zero-order chi connectivity index (χ0) is 23.9. The highest BCUT2D eigenvalue weighted by molar-refractivity contribution is 9.10.